The van der Waals surface area contributed by atoms with Crippen LogP contribution in [0.2, 0.25) is 0 Å². The minimum atomic E-state index is -0.746. The molecule has 0 bridgehead atoms. The van der Waals surface area contributed by atoms with Crippen molar-refractivity contribution in [3.05, 3.63) is 46.5 Å². The summed E-state index contributed by atoms with van der Waals surface area (Å²) in [5, 5.41) is 14.3. The van der Waals surface area contributed by atoms with Crippen molar-refractivity contribution < 1.29 is 9.31 Å². The van der Waals surface area contributed by atoms with Gasteiger partial charge in [-0.15, -0.1) is 0 Å². The van der Waals surface area contributed by atoms with E-state index in [1.54, 1.807) is 6.07 Å². The van der Waals surface area contributed by atoms with Gasteiger partial charge >= 0.3 is 0 Å². The number of hydrogen-bond acceptors (Lipinski definition) is 4. The lowest BCUT2D eigenvalue weighted by Gasteiger charge is -2.04. The summed E-state index contributed by atoms with van der Waals surface area (Å²) in [6.07, 6.45) is 2.99. The Morgan fingerprint density at radius 2 is 2.25 bits per heavy atom. The Kier molecular flexibility index (Phi) is 2.28. The molecule has 0 atom stereocenters. The van der Waals surface area contributed by atoms with E-state index in [9.17, 15) is 14.5 Å². The van der Waals surface area contributed by atoms with E-state index in [1.165, 1.54) is 23.1 Å². The van der Waals surface area contributed by atoms with Gasteiger partial charge in [-0.3, -0.25) is 10.1 Å². The van der Waals surface area contributed by atoms with Gasteiger partial charge < -0.3 is 5.73 Å². The van der Waals surface area contributed by atoms with Gasteiger partial charge in [-0.1, -0.05) is 0 Å². The maximum absolute atomic E-state index is 13.5. The monoisotopic (exact) mass is 222 g/mol. The fourth-order valence-corrected chi connectivity index (χ4v) is 1.31. The first-order chi connectivity index (χ1) is 7.59. The van der Waals surface area contributed by atoms with Gasteiger partial charge in [0.25, 0.3) is 5.69 Å². The number of nitrogens with zero attached hydrogens (tertiary/aromatic N) is 3. The topological polar surface area (TPSA) is 87.0 Å². The quantitative estimate of drug-likeness (QED) is 0.474. The van der Waals surface area contributed by atoms with Crippen molar-refractivity contribution in [3.8, 4) is 5.69 Å². The molecule has 0 saturated carbocycles. The van der Waals surface area contributed by atoms with E-state index in [0.29, 0.717) is 0 Å². The number of aromatic nitrogens is 2. The molecular weight excluding hydrogens is 215 g/mol. The number of anilines is 1. The molecule has 0 fully saturated rings. The van der Waals surface area contributed by atoms with Crippen molar-refractivity contribution >= 4 is 11.4 Å². The van der Waals surface area contributed by atoms with Crippen LogP contribution in [-0.2, 0) is 0 Å². The van der Waals surface area contributed by atoms with Gasteiger partial charge in [0.15, 0.2) is 5.82 Å². The number of halogens is 1. The number of nitrogen functional groups attached to an aromatic ring is 1. The summed E-state index contributed by atoms with van der Waals surface area (Å²) in [6, 6.07) is 3.57. The molecule has 1 aromatic carbocycles. The molecule has 0 aliphatic carbocycles. The van der Waals surface area contributed by atoms with Crippen molar-refractivity contribution in [2.24, 2.45) is 0 Å². The zero-order chi connectivity index (χ0) is 11.7. The summed E-state index contributed by atoms with van der Waals surface area (Å²) in [4.78, 5) is 9.78. The van der Waals surface area contributed by atoms with Crippen LogP contribution >= 0.6 is 0 Å². The number of nitrogens with two attached hydrogens (primary N) is 1. The average Bonchev–Trinajstić information content (AvgIpc) is 2.73. The maximum Gasteiger partial charge on any atom is 0.295 e. The Morgan fingerprint density at radius 1 is 1.50 bits per heavy atom. The maximum atomic E-state index is 13.5. The summed E-state index contributed by atoms with van der Waals surface area (Å²) in [6.45, 7) is 0. The van der Waals surface area contributed by atoms with Crippen LogP contribution in [0.4, 0.5) is 15.8 Å². The van der Waals surface area contributed by atoms with E-state index in [2.05, 4.69) is 5.10 Å². The molecule has 0 unspecified atom stereocenters. The highest BCUT2D eigenvalue weighted by Gasteiger charge is 2.17. The average molecular weight is 222 g/mol. The summed E-state index contributed by atoms with van der Waals surface area (Å²) in [5.74, 6) is -0.746. The van der Waals surface area contributed by atoms with Crippen molar-refractivity contribution in [2.75, 3.05) is 5.73 Å². The van der Waals surface area contributed by atoms with Crippen LogP contribution in [0, 0.1) is 15.9 Å². The Bertz CT molecular complexity index is 539. The lowest BCUT2D eigenvalue weighted by Crippen LogP contribution is -2.03. The smallest absolute Gasteiger partial charge is 0.295 e. The molecule has 0 aliphatic heterocycles. The minimum Gasteiger partial charge on any atom is -0.393 e. The third-order valence-electron chi connectivity index (χ3n) is 2.04. The van der Waals surface area contributed by atoms with E-state index >= 15 is 0 Å². The zero-order valence-corrected chi connectivity index (χ0v) is 8.00. The second-order valence-corrected chi connectivity index (χ2v) is 3.07. The predicted molar refractivity (Wildman–Crippen MR) is 54.6 cm³/mol. The van der Waals surface area contributed by atoms with Gasteiger partial charge in [0.05, 0.1) is 11.0 Å². The number of nitro benzene ring substituents is 1. The van der Waals surface area contributed by atoms with Gasteiger partial charge in [-0.2, -0.15) is 5.10 Å². The Hall–Kier alpha value is -2.44. The first-order valence-corrected chi connectivity index (χ1v) is 4.33. The number of rotatable bonds is 2. The standard InChI is InChI=1S/C9H7FN4O2/c10-6-4-9(14(15)16)7(11)5-8(6)13-3-1-2-12-13/h1-5H,11H2. The van der Waals surface area contributed by atoms with Crippen LogP contribution < -0.4 is 5.73 Å². The van der Waals surface area contributed by atoms with Crippen LogP contribution in [0.3, 0.4) is 0 Å². The second-order valence-electron chi connectivity index (χ2n) is 3.07. The molecule has 1 heterocycles. The molecule has 2 rings (SSSR count). The Morgan fingerprint density at radius 3 is 2.81 bits per heavy atom. The van der Waals surface area contributed by atoms with Crippen molar-refractivity contribution in [2.45, 2.75) is 0 Å². The van der Waals surface area contributed by atoms with Crippen molar-refractivity contribution in [1.82, 2.24) is 9.78 Å². The van der Waals surface area contributed by atoms with Crippen molar-refractivity contribution in [1.29, 1.82) is 0 Å². The van der Waals surface area contributed by atoms with Gasteiger partial charge in [0.2, 0.25) is 0 Å². The molecule has 1 aromatic heterocycles. The fourth-order valence-electron chi connectivity index (χ4n) is 1.31. The molecule has 2 aromatic rings. The van der Waals surface area contributed by atoms with Crippen LogP contribution in [0.25, 0.3) is 5.69 Å². The highest BCUT2D eigenvalue weighted by molar-refractivity contribution is 5.62. The van der Waals surface area contributed by atoms with Crippen LogP contribution in [0.1, 0.15) is 0 Å². The van der Waals surface area contributed by atoms with E-state index in [1.807, 2.05) is 0 Å². The van der Waals surface area contributed by atoms with Gasteiger partial charge in [0, 0.05) is 12.4 Å². The second kappa shape index (κ2) is 3.61. The molecule has 0 aliphatic rings. The summed E-state index contributed by atoms with van der Waals surface area (Å²) < 4.78 is 14.8. The van der Waals surface area contributed by atoms with E-state index in [4.69, 9.17) is 5.73 Å². The van der Waals surface area contributed by atoms with Crippen LogP contribution in [-0.4, -0.2) is 14.7 Å². The summed E-state index contributed by atoms with van der Waals surface area (Å²) in [7, 11) is 0. The van der Waals surface area contributed by atoms with Crippen LogP contribution in [0.5, 0.6) is 0 Å². The molecule has 2 N–H and O–H groups in total. The molecule has 6 nitrogen and oxygen atoms in total. The highest BCUT2D eigenvalue weighted by Crippen LogP contribution is 2.26. The molecule has 0 radical (unpaired) electrons. The molecule has 0 saturated heterocycles. The van der Waals surface area contributed by atoms with E-state index in [-0.39, 0.29) is 11.4 Å². The lowest BCUT2D eigenvalue weighted by atomic mass is 10.2. The Labute approximate surface area is 89.3 Å². The SMILES string of the molecule is Nc1cc(-n2cccn2)c(F)cc1[N+](=O)[O-]. The molecule has 0 spiro atoms. The number of hydrogen-bond donors (Lipinski definition) is 1. The third kappa shape index (κ3) is 1.58. The van der Waals surface area contributed by atoms with Crippen LogP contribution in [0.15, 0.2) is 30.6 Å². The number of nitro groups is 1. The van der Waals surface area contributed by atoms with Crippen molar-refractivity contribution in [3.63, 3.8) is 0 Å². The predicted octanol–water partition coefficient (Wildman–Crippen LogP) is 1.50. The van der Waals surface area contributed by atoms with Gasteiger partial charge in [-0.05, 0) is 12.1 Å². The largest absolute Gasteiger partial charge is 0.393 e. The molecule has 7 heteroatoms. The van der Waals surface area contributed by atoms with Gasteiger partial charge in [0.1, 0.15) is 11.4 Å². The number of benzene rings is 1. The van der Waals surface area contributed by atoms with E-state index in [0.717, 1.165) is 6.07 Å². The summed E-state index contributed by atoms with van der Waals surface area (Å²) in [5.41, 5.74) is 4.97. The summed E-state index contributed by atoms with van der Waals surface area (Å²) >= 11 is 0. The molecule has 16 heavy (non-hydrogen) atoms. The lowest BCUT2D eigenvalue weighted by molar-refractivity contribution is -0.384. The van der Waals surface area contributed by atoms with Gasteiger partial charge in [-0.25, -0.2) is 9.07 Å². The van der Waals surface area contributed by atoms with E-state index < -0.39 is 16.4 Å². The third-order valence-corrected chi connectivity index (χ3v) is 2.04. The molecule has 82 valence electrons. The first-order valence-electron chi connectivity index (χ1n) is 4.33. The first kappa shape index (κ1) is 10.1. The highest BCUT2D eigenvalue weighted by atomic mass is 19.1. The normalized spacial score (nSPS) is 10.3. The molecular formula is C9H7FN4O2. The minimum absolute atomic E-state index is 0.0769. The fraction of sp³-hybridized carbons (Fsp3) is 0. The molecule has 0 amide bonds. The Balaban J connectivity index is 2.59. The zero-order valence-electron chi connectivity index (χ0n) is 8.00.